The molecule has 0 spiro atoms. The van der Waals surface area contributed by atoms with Gasteiger partial charge in [0.15, 0.2) is 0 Å². The lowest BCUT2D eigenvalue weighted by Gasteiger charge is -2.14. The van der Waals surface area contributed by atoms with E-state index in [1.807, 2.05) is 47.8 Å². The molecule has 1 atom stereocenters. The fourth-order valence-electron chi connectivity index (χ4n) is 1.61. The highest BCUT2D eigenvalue weighted by molar-refractivity contribution is 7.10. The maximum absolute atomic E-state index is 5.72. The first-order valence-electron chi connectivity index (χ1n) is 5.93. The Morgan fingerprint density at radius 3 is 2.56 bits per heavy atom. The monoisotopic (exact) mass is 263 g/mol. The fraction of sp³-hybridized carbons (Fsp3) is 0.286. The lowest BCUT2D eigenvalue weighted by molar-refractivity contribution is 0.0401. The largest absolute Gasteiger partial charge is 0.491 e. The van der Waals surface area contributed by atoms with Crippen LogP contribution in [0.15, 0.2) is 47.8 Å². The van der Waals surface area contributed by atoms with Gasteiger partial charge in [-0.25, -0.2) is 0 Å². The van der Waals surface area contributed by atoms with Crippen molar-refractivity contribution in [1.29, 1.82) is 0 Å². The van der Waals surface area contributed by atoms with Crippen LogP contribution in [0.25, 0.3) is 0 Å². The van der Waals surface area contributed by atoms with Crippen LogP contribution in [0.5, 0.6) is 5.75 Å². The zero-order valence-corrected chi connectivity index (χ0v) is 10.9. The second kappa shape index (κ2) is 7.16. The summed E-state index contributed by atoms with van der Waals surface area (Å²) in [6.45, 7) is 1.56. The average Bonchev–Trinajstić information content (AvgIpc) is 2.94. The highest BCUT2D eigenvalue weighted by Crippen LogP contribution is 2.21. The number of nitrogens with two attached hydrogens (primary N) is 1. The summed E-state index contributed by atoms with van der Waals surface area (Å²) >= 11 is 1.66. The summed E-state index contributed by atoms with van der Waals surface area (Å²) in [5.41, 5.74) is 5.70. The van der Waals surface area contributed by atoms with E-state index in [0.29, 0.717) is 19.8 Å². The number of ether oxygens (including phenoxy) is 2. The topological polar surface area (TPSA) is 44.5 Å². The van der Waals surface area contributed by atoms with Crippen molar-refractivity contribution in [2.24, 2.45) is 5.73 Å². The van der Waals surface area contributed by atoms with Crippen LogP contribution in [0.4, 0.5) is 0 Å². The Hall–Kier alpha value is -1.36. The van der Waals surface area contributed by atoms with Gasteiger partial charge in [-0.05, 0) is 23.6 Å². The van der Waals surface area contributed by atoms with Gasteiger partial charge < -0.3 is 15.2 Å². The molecule has 0 saturated carbocycles. The van der Waals surface area contributed by atoms with Crippen LogP contribution in [0, 0.1) is 0 Å². The minimum Gasteiger partial charge on any atom is -0.491 e. The van der Waals surface area contributed by atoms with Crippen molar-refractivity contribution in [1.82, 2.24) is 0 Å². The van der Waals surface area contributed by atoms with Crippen molar-refractivity contribution in [3.05, 3.63) is 52.7 Å². The number of hydrogen-bond acceptors (Lipinski definition) is 4. The van der Waals surface area contributed by atoms with Gasteiger partial charge in [0, 0.05) is 11.4 Å². The van der Waals surface area contributed by atoms with Gasteiger partial charge in [-0.2, -0.15) is 0 Å². The number of rotatable bonds is 7. The van der Waals surface area contributed by atoms with E-state index in [2.05, 4.69) is 0 Å². The van der Waals surface area contributed by atoms with Crippen molar-refractivity contribution in [3.63, 3.8) is 0 Å². The first kappa shape index (κ1) is 13.1. The van der Waals surface area contributed by atoms with E-state index in [-0.39, 0.29) is 6.10 Å². The third-order valence-electron chi connectivity index (χ3n) is 2.49. The summed E-state index contributed by atoms with van der Waals surface area (Å²) in [6, 6.07) is 13.8. The molecule has 0 fully saturated rings. The first-order chi connectivity index (χ1) is 8.90. The van der Waals surface area contributed by atoms with Gasteiger partial charge in [-0.1, -0.05) is 24.3 Å². The molecule has 18 heavy (non-hydrogen) atoms. The maximum Gasteiger partial charge on any atom is 0.119 e. The number of benzene rings is 1. The standard InChI is InChI=1S/C14H17NO2S/c15-11-13(14-7-4-10-18-14)17-9-8-16-12-5-2-1-3-6-12/h1-7,10,13H,8-9,11,15H2. The molecule has 1 unspecified atom stereocenters. The van der Waals surface area contributed by atoms with Crippen LogP contribution >= 0.6 is 11.3 Å². The molecule has 3 nitrogen and oxygen atoms in total. The molecule has 1 aromatic carbocycles. The summed E-state index contributed by atoms with van der Waals surface area (Å²) < 4.78 is 11.3. The van der Waals surface area contributed by atoms with E-state index < -0.39 is 0 Å². The van der Waals surface area contributed by atoms with E-state index in [4.69, 9.17) is 15.2 Å². The molecule has 96 valence electrons. The van der Waals surface area contributed by atoms with Crippen molar-refractivity contribution < 1.29 is 9.47 Å². The van der Waals surface area contributed by atoms with Crippen LogP contribution in [0.1, 0.15) is 11.0 Å². The zero-order chi connectivity index (χ0) is 12.6. The van der Waals surface area contributed by atoms with E-state index >= 15 is 0 Å². The number of hydrogen-bond donors (Lipinski definition) is 1. The van der Waals surface area contributed by atoms with Gasteiger partial charge in [0.1, 0.15) is 18.5 Å². The van der Waals surface area contributed by atoms with Gasteiger partial charge in [0.25, 0.3) is 0 Å². The first-order valence-corrected chi connectivity index (χ1v) is 6.81. The Morgan fingerprint density at radius 1 is 1.06 bits per heavy atom. The van der Waals surface area contributed by atoms with E-state index in [1.54, 1.807) is 11.3 Å². The molecule has 2 N–H and O–H groups in total. The Balaban J connectivity index is 1.71. The predicted molar refractivity (Wildman–Crippen MR) is 74.0 cm³/mol. The van der Waals surface area contributed by atoms with E-state index in [1.165, 1.54) is 0 Å². The van der Waals surface area contributed by atoms with E-state index in [9.17, 15) is 0 Å². The molecule has 1 heterocycles. The third-order valence-corrected chi connectivity index (χ3v) is 3.45. The van der Waals surface area contributed by atoms with Crippen molar-refractivity contribution in [2.45, 2.75) is 6.10 Å². The highest BCUT2D eigenvalue weighted by atomic mass is 32.1. The molecule has 0 bridgehead atoms. The molecule has 0 radical (unpaired) electrons. The molecule has 0 aliphatic heterocycles. The second-order valence-electron chi connectivity index (χ2n) is 3.77. The molecule has 0 amide bonds. The van der Waals surface area contributed by atoms with Gasteiger partial charge >= 0.3 is 0 Å². The molecule has 0 aliphatic carbocycles. The van der Waals surface area contributed by atoms with Crippen LogP contribution in [0.2, 0.25) is 0 Å². The van der Waals surface area contributed by atoms with Crippen LogP contribution in [0.3, 0.4) is 0 Å². The van der Waals surface area contributed by atoms with Crippen molar-refractivity contribution in [2.75, 3.05) is 19.8 Å². The third kappa shape index (κ3) is 3.84. The summed E-state index contributed by atoms with van der Waals surface area (Å²) in [6.07, 6.45) is -0.0237. The SMILES string of the molecule is NCC(OCCOc1ccccc1)c1cccs1. The summed E-state index contributed by atoms with van der Waals surface area (Å²) in [4.78, 5) is 1.16. The molecule has 1 aromatic heterocycles. The fourth-order valence-corrected chi connectivity index (χ4v) is 2.39. The molecular formula is C14H17NO2S. The lowest BCUT2D eigenvalue weighted by atomic mass is 10.3. The minimum atomic E-state index is -0.0237. The molecule has 2 rings (SSSR count). The summed E-state index contributed by atoms with van der Waals surface area (Å²) in [5, 5.41) is 2.03. The quantitative estimate of drug-likeness (QED) is 0.781. The molecule has 2 aromatic rings. The number of para-hydroxylation sites is 1. The molecule has 0 saturated heterocycles. The van der Waals surface area contributed by atoms with E-state index in [0.717, 1.165) is 10.6 Å². The molecule has 4 heteroatoms. The van der Waals surface area contributed by atoms with Gasteiger partial charge in [0.05, 0.1) is 6.61 Å². The summed E-state index contributed by atoms with van der Waals surface area (Å²) in [7, 11) is 0. The van der Waals surface area contributed by atoms with Gasteiger partial charge in [0.2, 0.25) is 0 Å². The number of thiophene rings is 1. The van der Waals surface area contributed by atoms with Gasteiger partial charge in [-0.15, -0.1) is 11.3 Å². The summed E-state index contributed by atoms with van der Waals surface area (Å²) in [5.74, 6) is 0.863. The minimum absolute atomic E-state index is 0.0237. The van der Waals surface area contributed by atoms with Crippen LogP contribution in [-0.2, 0) is 4.74 Å². The Bertz CT molecular complexity index is 430. The zero-order valence-electron chi connectivity index (χ0n) is 10.1. The normalized spacial score (nSPS) is 12.3. The van der Waals surface area contributed by atoms with Crippen LogP contribution in [-0.4, -0.2) is 19.8 Å². The lowest BCUT2D eigenvalue weighted by Crippen LogP contribution is -2.18. The Morgan fingerprint density at radius 2 is 1.89 bits per heavy atom. The maximum atomic E-state index is 5.72. The van der Waals surface area contributed by atoms with Crippen molar-refractivity contribution >= 4 is 11.3 Å². The molecule has 0 aliphatic rings. The Labute approximate surface area is 111 Å². The van der Waals surface area contributed by atoms with Crippen LogP contribution < -0.4 is 10.5 Å². The van der Waals surface area contributed by atoms with Crippen molar-refractivity contribution in [3.8, 4) is 5.75 Å². The Kier molecular flexibility index (Phi) is 5.20. The van der Waals surface area contributed by atoms with Gasteiger partial charge in [-0.3, -0.25) is 0 Å². The second-order valence-corrected chi connectivity index (χ2v) is 4.75. The highest BCUT2D eigenvalue weighted by Gasteiger charge is 2.10. The average molecular weight is 263 g/mol. The predicted octanol–water partition coefficient (Wildman–Crippen LogP) is 2.84. The molecular weight excluding hydrogens is 246 g/mol. The smallest absolute Gasteiger partial charge is 0.119 e.